The van der Waals surface area contributed by atoms with Crippen molar-refractivity contribution in [2.45, 2.75) is 6.67 Å². The quantitative estimate of drug-likeness (QED) is 0.767. The van der Waals surface area contributed by atoms with E-state index >= 15 is 0 Å². The molecule has 0 aliphatic carbocycles. The number of ether oxygens (including phenoxy) is 1. The summed E-state index contributed by atoms with van der Waals surface area (Å²) in [6, 6.07) is 6.72. The number of carbonyl (C=O) groups excluding carboxylic acids is 1. The first-order valence-corrected chi connectivity index (χ1v) is 8.06. The number of rotatable bonds is 3. The SMILES string of the molecule is COc1cc2c(cn1)-c1cc(C(=O)Nc3c(F)cccc3F)nn1CN2C. The fourth-order valence-corrected chi connectivity index (χ4v) is 2.98. The standard InChI is InChI=1S/C18H15F2N5O2/c1-24-9-25-15(10-8-21-16(27-2)7-14(10)24)6-13(23-25)18(26)22-17-11(19)4-3-5-12(17)20/h3-8H,9H2,1-2H3,(H,22,26). The molecular weight excluding hydrogens is 356 g/mol. The van der Waals surface area contributed by atoms with E-state index in [1.165, 1.54) is 13.2 Å². The highest BCUT2D eigenvalue weighted by Gasteiger charge is 2.25. The largest absolute Gasteiger partial charge is 0.481 e. The van der Waals surface area contributed by atoms with Crippen LogP contribution in [0.5, 0.6) is 5.88 Å². The molecule has 1 aliphatic rings. The van der Waals surface area contributed by atoms with Crippen molar-refractivity contribution in [3.05, 3.63) is 53.9 Å². The molecule has 3 heterocycles. The number of hydrogen-bond acceptors (Lipinski definition) is 5. The lowest BCUT2D eigenvalue weighted by atomic mass is 10.1. The third-order valence-electron chi connectivity index (χ3n) is 4.31. The summed E-state index contributed by atoms with van der Waals surface area (Å²) in [4.78, 5) is 18.6. The van der Waals surface area contributed by atoms with E-state index in [9.17, 15) is 13.6 Å². The maximum absolute atomic E-state index is 13.8. The highest BCUT2D eigenvalue weighted by atomic mass is 19.1. The molecule has 2 aromatic heterocycles. The van der Waals surface area contributed by atoms with Gasteiger partial charge in [0.2, 0.25) is 5.88 Å². The minimum Gasteiger partial charge on any atom is -0.481 e. The molecule has 0 unspecified atom stereocenters. The minimum absolute atomic E-state index is 0.0460. The molecular formula is C18H15F2N5O2. The second kappa shape index (κ2) is 6.35. The molecule has 0 atom stereocenters. The average molecular weight is 371 g/mol. The number of para-hydroxylation sites is 1. The number of anilines is 2. The zero-order valence-corrected chi connectivity index (χ0v) is 14.5. The van der Waals surface area contributed by atoms with Crippen molar-refractivity contribution in [2.24, 2.45) is 0 Å². The van der Waals surface area contributed by atoms with Crippen molar-refractivity contribution in [1.82, 2.24) is 14.8 Å². The molecule has 1 aromatic carbocycles. The molecule has 138 valence electrons. The Kier molecular flexibility index (Phi) is 3.98. The molecule has 1 amide bonds. The first-order valence-electron chi connectivity index (χ1n) is 8.06. The van der Waals surface area contributed by atoms with Crippen LogP contribution < -0.4 is 15.0 Å². The van der Waals surface area contributed by atoms with E-state index in [0.717, 1.165) is 23.4 Å². The van der Waals surface area contributed by atoms with Crippen LogP contribution in [0.4, 0.5) is 20.2 Å². The van der Waals surface area contributed by atoms with E-state index in [1.807, 2.05) is 11.9 Å². The third kappa shape index (κ3) is 2.86. The van der Waals surface area contributed by atoms with Gasteiger partial charge in [0.1, 0.15) is 24.0 Å². The number of hydrogen-bond donors (Lipinski definition) is 1. The monoisotopic (exact) mass is 371 g/mol. The number of methoxy groups -OCH3 is 1. The molecule has 1 aliphatic heterocycles. The summed E-state index contributed by atoms with van der Waals surface area (Å²) in [7, 11) is 3.41. The predicted molar refractivity (Wildman–Crippen MR) is 94.7 cm³/mol. The zero-order valence-electron chi connectivity index (χ0n) is 14.5. The number of halogens is 2. The normalized spacial score (nSPS) is 12.4. The van der Waals surface area contributed by atoms with Crippen molar-refractivity contribution < 1.29 is 18.3 Å². The summed E-state index contributed by atoms with van der Waals surface area (Å²) in [6.07, 6.45) is 1.63. The molecule has 0 fully saturated rings. The van der Waals surface area contributed by atoms with Gasteiger partial charge in [-0.3, -0.25) is 4.79 Å². The Labute approximate surface area is 153 Å². The molecule has 4 rings (SSSR count). The Balaban J connectivity index is 1.69. The molecule has 27 heavy (non-hydrogen) atoms. The summed E-state index contributed by atoms with van der Waals surface area (Å²) in [5, 5.41) is 6.50. The number of nitrogens with zero attached hydrogens (tertiary/aromatic N) is 4. The van der Waals surface area contributed by atoms with Crippen molar-refractivity contribution in [2.75, 3.05) is 24.4 Å². The van der Waals surface area contributed by atoms with E-state index in [-0.39, 0.29) is 5.69 Å². The number of carbonyl (C=O) groups is 1. The smallest absolute Gasteiger partial charge is 0.276 e. The summed E-state index contributed by atoms with van der Waals surface area (Å²) in [5.41, 5.74) is 1.87. The van der Waals surface area contributed by atoms with E-state index in [1.54, 1.807) is 23.0 Å². The van der Waals surface area contributed by atoms with Crippen LogP contribution in [0.15, 0.2) is 36.5 Å². The summed E-state index contributed by atoms with van der Waals surface area (Å²) in [6.45, 7) is 0.400. The lowest BCUT2D eigenvalue weighted by Gasteiger charge is -2.28. The minimum atomic E-state index is -0.853. The first kappa shape index (κ1) is 17.0. The number of pyridine rings is 1. The number of fused-ring (bicyclic) bond motifs is 3. The van der Waals surface area contributed by atoms with Crippen LogP contribution in [0, 0.1) is 11.6 Å². The summed E-state index contributed by atoms with van der Waals surface area (Å²) in [5.74, 6) is -1.93. The third-order valence-corrected chi connectivity index (χ3v) is 4.31. The van der Waals surface area contributed by atoms with E-state index < -0.39 is 23.2 Å². The Bertz CT molecular complexity index is 1030. The topological polar surface area (TPSA) is 72.3 Å². The molecule has 9 heteroatoms. The van der Waals surface area contributed by atoms with Gasteiger partial charge < -0.3 is 15.0 Å². The Morgan fingerprint density at radius 1 is 1.26 bits per heavy atom. The molecule has 7 nitrogen and oxygen atoms in total. The van der Waals surface area contributed by atoms with Gasteiger partial charge in [0.15, 0.2) is 5.69 Å². The van der Waals surface area contributed by atoms with E-state index in [2.05, 4.69) is 15.4 Å². The van der Waals surface area contributed by atoms with Gasteiger partial charge in [0.05, 0.1) is 18.5 Å². The van der Waals surface area contributed by atoms with Gasteiger partial charge in [-0.05, 0) is 18.2 Å². The number of aromatic nitrogens is 3. The van der Waals surface area contributed by atoms with Crippen molar-refractivity contribution in [3.63, 3.8) is 0 Å². The van der Waals surface area contributed by atoms with E-state index in [0.29, 0.717) is 18.2 Å². The van der Waals surface area contributed by atoms with Crippen molar-refractivity contribution >= 4 is 17.3 Å². The maximum atomic E-state index is 13.8. The molecule has 0 spiro atoms. The Morgan fingerprint density at radius 2 is 2.00 bits per heavy atom. The Morgan fingerprint density at radius 3 is 2.70 bits per heavy atom. The van der Waals surface area contributed by atoms with Gasteiger partial charge in [-0.25, -0.2) is 18.4 Å². The lowest BCUT2D eigenvalue weighted by molar-refractivity contribution is 0.102. The van der Waals surface area contributed by atoms with Gasteiger partial charge >= 0.3 is 0 Å². The zero-order chi connectivity index (χ0) is 19.1. The van der Waals surface area contributed by atoms with Gasteiger partial charge in [-0.15, -0.1) is 0 Å². The lowest BCUT2D eigenvalue weighted by Crippen LogP contribution is -2.27. The van der Waals surface area contributed by atoms with Crippen LogP contribution in [-0.2, 0) is 6.67 Å². The average Bonchev–Trinajstić information content (AvgIpc) is 3.08. The fraction of sp³-hybridized carbons (Fsp3) is 0.167. The van der Waals surface area contributed by atoms with Gasteiger partial charge in [-0.2, -0.15) is 5.10 Å². The molecule has 0 saturated heterocycles. The van der Waals surface area contributed by atoms with Gasteiger partial charge in [-0.1, -0.05) is 6.07 Å². The molecule has 1 N–H and O–H groups in total. The van der Waals surface area contributed by atoms with Crippen LogP contribution in [0.3, 0.4) is 0 Å². The van der Waals surface area contributed by atoms with Crippen LogP contribution in [-0.4, -0.2) is 34.8 Å². The predicted octanol–water partition coefficient (Wildman–Crippen LogP) is 2.89. The second-order valence-corrected chi connectivity index (χ2v) is 6.05. The highest BCUT2D eigenvalue weighted by molar-refractivity contribution is 6.04. The Hall–Kier alpha value is -3.49. The highest BCUT2D eigenvalue weighted by Crippen LogP contribution is 2.36. The summed E-state index contributed by atoms with van der Waals surface area (Å²) < 4.78 is 34.3. The maximum Gasteiger partial charge on any atom is 0.276 e. The van der Waals surface area contributed by atoms with Crippen LogP contribution in [0.2, 0.25) is 0 Å². The van der Waals surface area contributed by atoms with Crippen molar-refractivity contribution in [3.8, 4) is 17.1 Å². The van der Waals surface area contributed by atoms with Crippen LogP contribution in [0.1, 0.15) is 10.5 Å². The first-order chi connectivity index (χ1) is 13.0. The van der Waals surface area contributed by atoms with Crippen LogP contribution >= 0.6 is 0 Å². The molecule has 0 radical (unpaired) electrons. The van der Waals surface area contributed by atoms with Crippen molar-refractivity contribution in [1.29, 1.82) is 0 Å². The van der Waals surface area contributed by atoms with Crippen LogP contribution in [0.25, 0.3) is 11.3 Å². The number of amides is 1. The molecule has 3 aromatic rings. The second-order valence-electron chi connectivity index (χ2n) is 6.05. The van der Waals surface area contributed by atoms with E-state index in [4.69, 9.17) is 4.74 Å². The number of nitrogens with one attached hydrogen (secondary N) is 1. The number of benzene rings is 1. The molecule has 0 bridgehead atoms. The fourth-order valence-electron chi connectivity index (χ4n) is 2.98. The van der Waals surface area contributed by atoms with Gasteiger partial charge in [0, 0.05) is 24.9 Å². The molecule has 0 saturated carbocycles. The van der Waals surface area contributed by atoms with Gasteiger partial charge in [0.25, 0.3) is 5.91 Å². The summed E-state index contributed by atoms with van der Waals surface area (Å²) >= 11 is 0.